The standard InChI is InChI=1S/C34H26OS.2C26H28S/c1-34(2,3)31-23(26-16-9-15-25-21-11-4-6-19-29(21)35-32(25)26)13-8-14-24(31)28-18-10-17-27-22-12-5-7-20-30(22)36-33(27)28;1-25(2,3)21-15-10-12-18(23(21)26(4,5)6)20-14-9-13-19-17-11-7-8-16-22(17)27-24(19)20;1-25(2,3)20-14-9-13-18(24(20)26(4,5)6)17-12-10-16-22-23(17)19-11-7-8-15-21(19)27-22/h4-20H,1-3H3;2*7-16H,1-6H3. The van der Waals surface area contributed by atoms with Gasteiger partial charge in [-0.2, -0.15) is 0 Å². The fourth-order valence-corrected chi connectivity index (χ4v) is 17.7. The van der Waals surface area contributed by atoms with Gasteiger partial charge in [-0.3, -0.25) is 0 Å². The van der Waals surface area contributed by atoms with Crippen molar-refractivity contribution in [1.29, 1.82) is 0 Å². The molecule has 0 aliphatic carbocycles. The molecule has 1 nitrogen and oxygen atoms in total. The van der Waals surface area contributed by atoms with Gasteiger partial charge in [0.1, 0.15) is 11.2 Å². The minimum atomic E-state index is -0.0705. The average molecular weight is 1230 g/mol. The number of fused-ring (bicyclic) bond motifs is 12. The van der Waals surface area contributed by atoms with Crippen LogP contribution >= 0.6 is 34.0 Å². The van der Waals surface area contributed by atoms with Gasteiger partial charge in [-0.25, -0.2) is 0 Å². The highest BCUT2D eigenvalue weighted by atomic mass is 32.1. The molecule has 4 heterocycles. The van der Waals surface area contributed by atoms with Gasteiger partial charge < -0.3 is 4.42 Å². The van der Waals surface area contributed by atoms with Crippen molar-refractivity contribution in [2.75, 3.05) is 0 Å². The third-order valence-corrected chi connectivity index (χ3v) is 21.4. The lowest BCUT2D eigenvalue weighted by Crippen LogP contribution is -2.23. The molecule has 0 aliphatic rings. The summed E-state index contributed by atoms with van der Waals surface area (Å²) in [6.45, 7) is 34.9. The molecule has 0 radical (unpaired) electrons. The van der Waals surface area contributed by atoms with E-state index in [1.807, 2.05) is 40.1 Å². The van der Waals surface area contributed by atoms with Crippen molar-refractivity contribution in [1.82, 2.24) is 0 Å². The number of hydrogen-bond donors (Lipinski definition) is 0. The van der Waals surface area contributed by atoms with Gasteiger partial charge in [-0.1, -0.05) is 298 Å². The van der Waals surface area contributed by atoms with E-state index in [2.05, 4.69) is 322 Å². The minimum Gasteiger partial charge on any atom is -0.455 e. The maximum Gasteiger partial charge on any atom is 0.143 e. The second-order valence-corrected chi connectivity index (χ2v) is 32.7. The SMILES string of the molecule is CC(C)(C)c1c(-c2cccc3c2oc2ccccc23)cccc1-c1cccc2c1sc1ccccc12.CC(C)(C)c1cccc(-c2cccc3c2sc2ccccc23)c1C(C)(C)C.CC(C)(C)c1cccc(-c2cccc3sc4ccccc4c23)c1C(C)(C)C. The van der Waals surface area contributed by atoms with Crippen LogP contribution in [0.2, 0.25) is 0 Å². The Kier molecular flexibility index (Phi) is 15.5. The molecule has 450 valence electrons. The molecule has 0 atom stereocenters. The molecule has 0 aliphatic heterocycles. The Balaban J connectivity index is 0.000000126. The molecule has 0 bridgehead atoms. The van der Waals surface area contributed by atoms with Crippen LogP contribution in [0.4, 0.5) is 0 Å². The lowest BCUT2D eigenvalue weighted by molar-refractivity contribution is 0.531. The lowest BCUT2D eigenvalue weighted by Gasteiger charge is -2.32. The minimum absolute atomic E-state index is 0.0705. The third kappa shape index (κ3) is 11.1. The van der Waals surface area contributed by atoms with Gasteiger partial charge in [0.25, 0.3) is 0 Å². The zero-order valence-corrected chi connectivity index (χ0v) is 57.4. The first-order valence-corrected chi connectivity index (χ1v) is 34.4. The first kappa shape index (κ1) is 60.8. The van der Waals surface area contributed by atoms with E-state index in [9.17, 15) is 0 Å². The molecule has 0 saturated heterocycles. The molecular formula is C86H82OS3. The molecule has 90 heavy (non-hydrogen) atoms. The molecule has 0 spiro atoms. The number of rotatable bonds is 4. The molecule has 11 aromatic carbocycles. The lowest BCUT2D eigenvalue weighted by atomic mass is 9.72. The normalized spacial score (nSPS) is 12.6. The second-order valence-electron chi connectivity index (χ2n) is 29.6. The van der Waals surface area contributed by atoms with Crippen LogP contribution in [0, 0.1) is 0 Å². The van der Waals surface area contributed by atoms with E-state index >= 15 is 0 Å². The van der Waals surface area contributed by atoms with Crippen molar-refractivity contribution < 1.29 is 4.42 Å². The van der Waals surface area contributed by atoms with Gasteiger partial charge in [-0.15, -0.1) is 34.0 Å². The van der Waals surface area contributed by atoms with Crippen LogP contribution < -0.4 is 0 Å². The van der Waals surface area contributed by atoms with Gasteiger partial charge in [-0.05, 0) is 124 Å². The van der Waals surface area contributed by atoms with Crippen LogP contribution in [0.3, 0.4) is 0 Å². The van der Waals surface area contributed by atoms with E-state index < -0.39 is 0 Å². The van der Waals surface area contributed by atoms with Crippen LogP contribution in [0.25, 0.3) is 127 Å². The Morgan fingerprint density at radius 3 is 1.07 bits per heavy atom. The van der Waals surface area contributed by atoms with Crippen molar-refractivity contribution in [3.8, 4) is 44.5 Å². The third-order valence-electron chi connectivity index (χ3n) is 17.8. The Labute approximate surface area is 544 Å². The summed E-state index contributed by atoms with van der Waals surface area (Å²) >= 11 is 5.70. The topological polar surface area (TPSA) is 13.1 Å². The summed E-state index contributed by atoms with van der Waals surface area (Å²) in [7, 11) is 0. The molecule has 0 N–H and O–H groups in total. The van der Waals surface area contributed by atoms with Gasteiger partial charge in [0.2, 0.25) is 0 Å². The summed E-state index contributed by atoms with van der Waals surface area (Å²) in [4.78, 5) is 0. The number of benzene rings is 11. The van der Waals surface area contributed by atoms with Crippen molar-refractivity contribution in [3.63, 3.8) is 0 Å². The molecule has 0 saturated carbocycles. The summed E-state index contributed by atoms with van der Waals surface area (Å²) < 4.78 is 14.6. The fraction of sp³-hybridized carbons (Fsp3) is 0.233. The summed E-state index contributed by atoms with van der Waals surface area (Å²) in [6.07, 6.45) is 0. The maximum atomic E-state index is 6.46. The highest BCUT2D eigenvalue weighted by Gasteiger charge is 2.32. The number of para-hydroxylation sites is 2. The van der Waals surface area contributed by atoms with Gasteiger partial charge >= 0.3 is 0 Å². The highest BCUT2D eigenvalue weighted by molar-refractivity contribution is 7.27. The Morgan fingerprint density at radius 2 is 0.567 bits per heavy atom. The van der Waals surface area contributed by atoms with E-state index in [0.29, 0.717) is 0 Å². The molecule has 0 unspecified atom stereocenters. The zero-order chi connectivity index (χ0) is 63.2. The molecular weight excluding hydrogens is 1150 g/mol. The summed E-state index contributed by atoms with van der Waals surface area (Å²) in [5.41, 5.74) is 19.9. The molecule has 0 fully saturated rings. The highest BCUT2D eigenvalue weighted by Crippen LogP contribution is 2.50. The largest absolute Gasteiger partial charge is 0.455 e. The zero-order valence-electron chi connectivity index (χ0n) is 55.0. The monoisotopic (exact) mass is 1230 g/mol. The Hall–Kier alpha value is -8.12. The van der Waals surface area contributed by atoms with E-state index in [1.165, 1.54) is 133 Å². The van der Waals surface area contributed by atoms with E-state index in [4.69, 9.17) is 4.42 Å². The quantitative estimate of drug-likeness (QED) is 0.171. The first-order valence-electron chi connectivity index (χ1n) is 31.9. The van der Waals surface area contributed by atoms with Crippen LogP contribution in [0.15, 0.2) is 229 Å². The summed E-state index contributed by atoms with van der Waals surface area (Å²) in [6, 6.07) is 81.9. The van der Waals surface area contributed by atoms with Crippen molar-refractivity contribution in [2.45, 2.75) is 131 Å². The number of furan rings is 1. The smallest absolute Gasteiger partial charge is 0.143 e. The van der Waals surface area contributed by atoms with Gasteiger partial charge in [0, 0.05) is 76.9 Å². The number of thiophene rings is 3. The first-order chi connectivity index (χ1) is 42.9. The van der Waals surface area contributed by atoms with Crippen LogP contribution in [0.1, 0.15) is 132 Å². The average Bonchev–Trinajstić information content (AvgIpc) is 1.47. The van der Waals surface area contributed by atoms with Crippen molar-refractivity contribution >= 4 is 116 Å². The number of hydrogen-bond acceptors (Lipinski definition) is 4. The predicted molar refractivity (Wildman–Crippen MR) is 401 cm³/mol. The summed E-state index contributed by atoms with van der Waals surface area (Å²) in [5.74, 6) is 0. The maximum absolute atomic E-state index is 6.46. The summed E-state index contributed by atoms with van der Waals surface area (Å²) in [5, 5.41) is 10.5. The molecule has 0 amide bonds. The van der Waals surface area contributed by atoms with Crippen LogP contribution in [-0.2, 0) is 27.1 Å². The van der Waals surface area contributed by atoms with Crippen molar-refractivity contribution in [3.05, 3.63) is 252 Å². The molecule has 15 rings (SSSR count). The fourth-order valence-electron chi connectivity index (χ4n) is 14.1. The van der Waals surface area contributed by atoms with E-state index in [1.54, 1.807) is 0 Å². The second kappa shape index (κ2) is 23.0. The van der Waals surface area contributed by atoms with E-state index in [0.717, 1.165) is 22.1 Å². The van der Waals surface area contributed by atoms with Crippen LogP contribution in [0.5, 0.6) is 0 Å². The molecule has 4 aromatic heterocycles. The van der Waals surface area contributed by atoms with Crippen molar-refractivity contribution in [2.24, 2.45) is 0 Å². The molecule has 15 aromatic rings. The van der Waals surface area contributed by atoms with Crippen LogP contribution in [-0.4, -0.2) is 0 Å². The predicted octanol–water partition coefficient (Wildman–Crippen LogP) is 27.2. The Bertz CT molecular complexity index is 5070. The van der Waals surface area contributed by atoms with Gasteiger partial charge in [0.15, 0.2) is 0 Å². The van der Waals surface area contributed by atoms with Gasteiger partial charge in [0.05, 0.1) is 0 Å². The molecule has 4 heteroatoms. The Morgan fingerprint density at radius 1 is 0.233 bits per heavy atom. The van der Waals surface area contributed by atoms with E-state index in [-0.39, 0.29) is 27.1 Å².